The van der Waals surface area contributed by atoms with Crippen molar-refractivity contribution in [3.8, 4) is 0 Å². The van der Waals surface area contributed by atoms with Crippen molar-refractivity contribution in [1.82, 2.24) is 19.9 Å². The molecule has 4 aromatic carbocycles. The normalized spacial score (nSPS) is 11.2. The van der Waals surface area contributed by atoms with E-state index >= 15 is 0 Å². The van der Waals surface area contributed by atoms with Crippen LogP contribution in [0.2, 0.25) is 0 Å². The molecule has 0 fully saturated rings. The van der Waals surface area contributed by atoms with E-state index in [0.29, 0.717) is 0 Å². The van der Waals surface area contributed by atoms with Crippen molar-refractivity contribution >= 4 is 57.0 Å². The van der Waals surface area contributed by atoms with Gasteiger partial charge in [-0.3, -0.25) is 0 Å². The molecule has 55 heavy (non-hydrogen) atoms. The molecule has 9 rings (SSSR count). The fourth-order valence-electron chi connectivity index (χ4n) is 6.99. The fraction of sp³-hybridized carbons (Fsp3) is 0. The summed E-state index contributed by atoms with van der Waals surface area (Å²) in [6.07, 6.45) is 0. The number of nitrogens with one attached hydrogen (secondary N) is 4. The van der Waals surface area contributed by atoms with Gasteiger partial charge in [-0.2, -0.15) is 0 Å². The molecule has 5 heterocycles. The third-order valence-corrected chi connectivity index (χ3v) is 9.15. The number of aromatic amines is 4. The molecule has 11 heteroatoms. The van der Waals surface area contributed by atoms with E-state index in [0.717, 1.165) is 88.7 Å². The standard InChI is InChI=1S/C44H32N4.2Al.Mn.4H2O/c1-5-13-29(14-6-1)41-33-21-23-35(45-33)42(30-15-7-2-8-16-30)37-25-27-39(47-37)44(32-19-11-4-12-20-32)40-28-26-38(48-40)43(31-17-9-3-10-18-31)36-24-22-34(41)46-36;;;;;;;/h1-28,45-48H;;;;4*1H2/q;3*+3;;;;. The Balaban J connectivity index is 0.00000149. The number of hydrogen-bond donors (Lipinski definition) is 4. The SMILES string of the molecule is O.O.O.O.[Al+3].[Al+3].[Mn+3].c1ccc(C2=c3ccc([nH]3)=C(c3ccccc3)c3ccc([nH]3)C(c3ccccc3)=c3ccc([nH]3)=C(c3ccccc3)c3ccc2[nH]3)cc1. The summed E-state index contributed by atoms with van der Waals surface area (Å²) in [6, 6.07) is 60.0. The molecule has 0 amide bonds. The van der Waals surface area contributed by atoms with Crippen LogP contribution in [-0.2, 0) is 17.1 Å². The number of fused-ring (bicyclic) bond motifs is 8. The molecule has 4 aromatic heterocycles. The quantitative estimate of drug-likeness (QED) is 0.191. The average molecular weight is 798 g/mol. The van der Waals surface area contributed by atoms with Gasteiger partial charge in [0.05, 0.1) is 0 Å². The largest absolute Gasteiger partial charge is 3.00 e. The Kier molecular flexibility index (Phi) is 16.8. The molecule has 0 atom stereocenters. The number of rotatable bonds is 4. The smallest absolute Gasteiger partial charge is 0.412 e. The van der Waals surface area contributed by atoms with E-state index in [9.17, 15) is 0 Å². The van der Waals surface area contributed by atoms with Crippen molar-refractivity contribution in [3.05, 3.63) is 236 Å². The van der Waals surface area contributed by atoms with Crippen LogP contribution < -0.4 is 21.4 Å². The molecule has 1 aliphatic rings. The number of hydrogen-bond acceptors (Lipinski definition) is 0. The molecule has 1 aliphatic heterocycles. The second kappa shape index (κ2) is 20.0. The van der Waals surface area contributed by atoms with Crippen molar-refractivity contribution in [1.29, 1.82) is 0 Å². The van der Waals surface area contributed by atoms with E-state index in [-0.39, 0.29) is 73.7 Å². The summed E-state index contributed by atoms with van der Waals surface area (Å²) in [5.74, 6) is 0. The van der Waals surface area contributed by atoms with Gasteiger partial charge in [-0.15, -0.1) is 0 Å². The molecule has 0 aliphatic carbocycles. The third kappa shape index (κ3) is 8.75. The molecule has 0 unspecified atom stereocenters. The van der Waals surface area contributed by atoms with Gasteiger partial charge < -0.3 is 41.8 Å². The van der Waals surface area contributed by atoms with E-state index in [1.54, 1.807) is 0 Å². The Morgan fingerprint density at radius 3 is 0.636 bits per heavy atom. The summed E-state index contributed by atoms with van der Waals surface area (Å²) in [5.41, 5.74) is 13.1. The van der Waals surface area contributed by atoms with Crippen LogP contribution in [0.5, 0.6) is 0 Å². The van der Waals surface area contributed by atoms with E-state index in [2.05, 4.69) is 190 Å². The van der Waals surface area contributed by atoms with Crippen molar-refractivity contribution in [3.63, 3.8) is 0 Å². The monoisotopic (exact) mass is 797 g/mol. The van der Waals surface area contributed by atoms with Crippen molar-refractivity contribution in [2.24, 2.45) is 0 Å². The van der Waals surface area contributed by atoms with Crippen LogP contribution in [-0.4, -0.2) is 76.6 Å². The summed E-state index contributed by atoms with van der Waals surface area (Å²) < 4.78 is 0. The predicted octanol–water partition coefficient (Wildman–Crippen LogP) is 2.24. The zero-order valence-corrected chi connectivity index (χ0v) is 33.2. The number of H-pyrrole nitrogens is 4. The minimum atomic E-state index is 0. The Morgan fingerprint density at radius 1 is 0.236 bits per heavy atom. The zero-order valence-electron chi connectivity index (χ0n) is 29.7. The van der Waals surface area contributed by atoms with E-state index < -0.39 is 0 Å². The first-order valence-corrected chi connectivity index (χ1v) is 16.3. The van der Waals surface area contributed by atoms with Gasteiger partial charge in [0.15, 0.2) is 0 Å². The average Bonchev–Trinajstić information content (AvgIpc) is 3.98. The predicted molar refractivity (Wildman–Crippen MR) is 220 cm³/mol. The molecular formula is C44H40Al2MnN4O4+9. The van der Waals surface area contributed by atoms with Gasteiger partial charge in [0.1, 0.15) is 0 Å². The summed E-state index contributed by atoms with van der Waals surface area (Å²) >= 11 is 0. The van der Waals surface area contributed by atoms with Crippen LogP contribution >= 0.6 is 0 Å². The Hall–Kier alpha value is -5.10. The second-order valence-electron chi connectivity index (χ2n) is 12.1. The van der Waals surface area contributed by atoms with Crippen LogP contribution in [0, 0.1) is 0 Å². The molecule has 0 saturated heterocycles. The van der Waals surface area contributed by atoms with E-state index in [4.69, 9.17) is 0 Å². The maximum atomic E-state index is 3.84. The summed E-state index contributed by atoms with van der Waals surface area (Å²) in [5, 5.41) is 4.16. The van der Waals surface area contributed by atoms with Gasteiger partial charge in [0.2, 0.25) is 0 Å². The van der Waals surface area contributed by atoms with Gasteiger partial charge in [-0.1, -0.05) is 121 Å². The molecule has 264 valence electrons. The molecule has 8 bridgehead atoms. The first-order chi connectivity index (χ1) is 23.8. The van der Waals surface area contributed by atoms with Crippen LogP contribution in [0.1, 0.15) is 45.0 Å². The van der Waals surface area contributed by atoms with E-state index in [1.165, 1.54) is 0 Å². The molecular weight excluding hydrogens is 757 g/mol. The van der Waals surface area contributed by atoms with Gasteiger partial charge in [0, 0.05) is 66.5 Å². The molecule has 12 N–H and O–H groups in total. The fourth-order valence-corrected chi connectivity index (χ4v) is 6.99. The summed E-state index contributed by atoms with van der Waals surface area (Å²) in [7, 11) is 0. The minimum Gasteiger partial charge on any atom is -0.412 e. The van der Waals surface area contributed by atoms with Gasteiger partial charge in [0.25, 0.3) is 0 Å². The Morgan fingerprint density at radius 2 is 0.436 bits per heavy atom. The summed E-state index contributed by atoms with van der Waals surface area (Å²) in [6.45, 7) is 0. The van der Waals surface area contributed by atoms with Gasteiger partial charge in [-0.25, -0.2) is 0 Å². The van der Waals surface area contributed by atoms with Crippen LogP contribution in [0.15, 0.2) is 170 Å². The summed E-state index contributed by atoms with van der Waals surface area (Å²) in [4.78, 5) is 15.4. The second-order valence-corrected chi connectivity index (χ2v) is 12.1. The third-order valence-electron chi connectivity index (χ3n) is 9.15. The van der Waals surface area contributed by atoms with Gasteiger partial charge in [-0.05, 0) is 70.8 Å². The molecule has 0 spiro atoms. The van der Waals surface area contributed by atoms with Crippen molar-refractivity contribution in [2.45, 2.75) is 0 Å². The Bertz CT molecular complexity index is 2310. The maximum Gasteiger partial charge on any atom is 3.00 e. The number of aromatic nitrogens is 4. The number of benzene rings is 4. The van der Waals surface area contributed by atoms with Crippen LogP contribution in [0.3, 0.4) is 0 Å². The van der Waals surface area contributed by atoms with Gasteiger partial charge >= 0.3 is 51.8 Å². The van der Waals surface area contributed by atoms with Crippen molar-refractivity contribution < 1.29 is 39.0 Å². The first-order valence-electron chi connectivity index (χ1n) is 16.3. The minimum absolute atomic E-state index is 0. The molecule has 8 aromatic rings. The molecule has 0 saturated carbocycles. The van der Waals surface area contributed by atoms with Crippen LogP contribution in [0.4, 0.5) is 0 Å². The molecule has 8 nitrogen and oxygen atoms in total. The molecule has 0 radical (unpaired) electrons. The van der Waals surface area contributed by atoms with E-state index in [1.807, 2.05) is 0 Å². The first kappa shape index (κ1) is 46.1. The topological polar surface area (TPSA) is 189 Å². The van der Waals surface area contributed by atoms with Crippen molar-refractivity contribution in [2.75, 3.05) is 0 Å². The Labute approximate surface area is 350 Å². The zero-order chi connectivity index (χ0) is 31.9. The van der Waals surface area contributed by atoms with Crippen LogP contribution in [0.25, 0.3) is 22.3 Å². The maximum absolute atomic E-state index is 3.84.